The molecule has 0 spiro atoms. The molecule has 1 aliphatic heterocycles. The van der Waals surface area contributed by atoms with E-state index in [2.05, 4.69) is 10.1 Å². The van der Waals surface area contributed by atoms with Gasteiger partial charge in [-0.3, -0.25) is 14.5 Å². The zero-order valence-corrected chi connectivity index (χ0v) is 18.4. The molecule has 5 rings (SSSR count). The third-order valence-electron chi connectivity index (χ3n) is 6.00. The van der Waals surface area contributed by atoms with Crippen molar-refractivity contribution in [3.63, 3.8) is 0 Å². The van der Waals surface area contributed by atoms with Crippen molar-refractivity contribution in [3.05, 3.63) is 82.8 Å². The molecular weight excluding hydrogens is 426 g/mol. The minimum atomic E-state index is -1.16. The van der Waals surface area contributed by atoms with Crippen LogP contribution >= 0.6 is 0 Å². The fourth-order valence-electron chi connectivity index (χ4n) is 4.24. The van der Waals surface area contributed by atoms with Crippen LogP contribution in [0.4, 0.5) is 8.78 Å². The van der Waals surface area contributed by atoms with E-state index in [-0.39, 0.29) is 24.6 Å². The molecule has 8 heteroatoms. The first kappa shape index (κ1) is 21.2. The van der Waals surface area contributed by atoms with E-state index in [4.69, 9.17) is 0 Å². The van der Waals surface area contributed by atoms with Crippen LogP contribution in [0.5, 0.6) is 0 Å². The van der Waals surface area contributed by atoms with E-state index >= 15 is 8.78 Å². The molecule has 1 aliphatic rings. The van der Waals surface area contributed by atoms with Gasteiger partial charge >= 0.3 is 0 Å². The highest BCUT2D eigenvalue weighted by Gasteiger charge is 2.30. The lowest BCUT2D eigenvalue weighted by atomic mass is 9.91. The van der Waals surface area contributed by atoms with Crippen LogP contribution in [0.25, 0.3) is 22.0 Å². The fraction of sp³-hybridized carbons (Fsp3) is 0.240. The molecule has 33 heavy (non-hydrogen) atoms. The Morgan fingerprint density at radius 3 is 2.52 bits per heavy atom. The Morgan fingerprint density at radius 1 is 1.12 bits per heavy atom. The molecule has 0 radical (unpaired) electrons. The van der Waals surface area contributed by atoms with Crippen molar-refractivity contribution in [2.45, 2.75) is 32.5 Å². The van der Waals surface area contributed by atoms with Gasteiger partial charge in [-0.25, -0.2) is 8.78 Å². The van der Waals surface area contributed by atoms with Crippen LogP contribution in [0.3, 0.4) is 0 Å². The van der Waals surface area contributed by atoms with Crippen LogP contribution in [-0.4, -0.2) is 30.7 Å². The number of carbonyl (C=O) groups excluding carboxylic acids is 1. The zero-order valence-electron chi connectivity index (χ0n) is 18.4. The van der Waals surface area contributed by atoms with Crippen LogP contribution in [0.1, 0.15) is 41.0 Å². The van der Waals surface area contributed by atoms with Gasteiger partial charge in [-0.2, -0.15) is 5.10 Å². The second-order valence-electron chi connectivity index (χ2n) is 8.90. The predicted octanol–water partition coefficient (Wildman–Crippen LogP) is 4.30. The number of carbonyl (C=O) groups is 1. The third-order valence-corrected chi connectivity index (χ3v) is 6.00. The van der Waals surface area contributed by atoms with Crippen molar-refractivity contribution < 1.29 is 18.7 Å². The number of fused-ring (bicyclic) bond motifs is 2. The maximum atomic E-state index is 15.2. The number of rotatable bonds is 4. The number of amides is 1. The lowest BCUT2D eigenvalue weighted by Crippen LogP contribution is -2.24. The van der Waals surface area contributed by atoms with Gasteiger partial charge in [0.25, 0.3) is 5.91 Å². The van der Waals surface area contributed by atoms with E-state index in [9.17, 15) is 9.90 Å². The molecule has 3 heterocycles. The van der Waals surface area contributed by atoms with E-state index in [1.54, 1.807) is 62.2 Å². The van der Waals surface area contributed by atoms with Crippen molar-refractivity contribution in [2.24, 2.45) is 7.05 Å². The van der Waals surface area contributed by atoms with Gasteiger partial charge < -0.3 is 10.0 Å². The summed E-state index contributed by atoms with van der Waals surface area (Å²) < 4.78 is 32.0. The lowest BCUT2D eigenvalue weighted by Gasteiger charge is -2.20. The molecule has 4 aromatic rings. The first-order chi connectivity index (χ1) is 15.6. The fourth-order valence-corrected chi connectivity index (χ4v) is 4.24. The Kier molecular flexibility index (Phi) is 4.79. The number of halogens is 2. The molecule has 0 aliphatic carbocycles. The van der Waals surface area contributed by atoms with Crippen LogP contribution in [0.2, 0.25) is 0 Å². The maximum absolute atomic E-state index is 15.2. The monoisotopic (exact) mass is 448 g/mol. The Morgan fingerprint density at radius 2 is 1.85 bits per heavy atom. The molecule has 1 N–H and O–H groups in total. The molecule has 0 unspecified atom stereocenters. The number of pyridine rings is 1. The molecule has 2 aromatic carbocycles. The van der Waals surface area contributed by atoms with Crippen molar-refractivity contribution in [3.8, 4) is 11.1 Å². The van der Waals surface area contributed by atoms with E-state index in [0.29, 0.717) is 38.9 Å². The predicted molar refractivity (Wildman–Crippen MR) is 119 cm³/mol. The number of aromatic nitrogens is 3. The molecular formula is C25H22F2N4O2. The topological polar surface area (TPSA) is 71.2 Å². The number of aryl methyl sites for hydroxylation is 1. The Hall–Kier alpha value is -3.65. The summed E-state index contributed by atoms with van der Waals surface area (Å²) in [5.41, 5.74) is 1.81. The van der Waals surface area contributed by atoms with E-state index in [1.807, 2.05) is 0 Å². The molecule has 168 valence electrons. The van der Waals surface area contributed by atoms with Gasteiger partial charge in [0.2, 0.25) is 0 Å². The SMILES string of the molecule is Cn1cc2c(-c3cc(F)c(CN4Cc5ncccc5C4=O)c(F)c3)cc(C(C)(C)O)cc2n1. The highest BCUT2D eigenvalue weighted by molar-refractivity contribution is 5.98. The zero-order chi connectivity index (χ0) is 23.5. The highest BCUT2D eigenvalue weighted by Crippen LogP contribution is 2.35. The Balaban J connectivity index is 1.55. The molecule has 0 saturated heterocycles. The Labute approximate surface area is 189 Å². The second kappa shape index (κ2) is 7.45. The summed E-state index contributed by atoms with van der Waals surface area (Å²) in [7, 11) is 1.76. The minimum Gasteiger partial charge on any atom is -0.386 e. The van der Waals surface area contributed by atoms with E-state index < -0.39 is 17.2 Å². The molecule has 1 amide bonds. The van der Waals surface area contributed by atoms with Crippen molar-refractivity contribution >= 4 is 16.8 Å². The van der Waals surface area contributed by atoms with Gasteiger partial charge in [0.1, 0.15) is 11.6 Å². The quantitative estimate of drug-likeness (QED) is 0.506. The normalized spacial score (nSPS) is 13.8. The molecule has 2 aromatic heterocycles. The highest BCUT2D eigenvalue weighted by atomic mass is 19.1. The summed E-state index contributed by atoms with van der Waals surface area (Å²) >= 11 is 0. The van der Waals surface area contributed by atoms with Gasteiger partial charge in [-0.15, -0.1) is 0 Å². The second-order valence-corrected chi connectivity index (χ2v) is 8.90. The number of aliphatic hydroxyl groups is 1. The van der Waals surface area contributed by atoms with Gasteiger partial charge in [0.15, 0.2) is 0 Å². The summed E-state index contributed by atoms with van der Waals surface area (Å²) in [6, 6.07) is 9.35. The number of hydrogen-bond acceptors (Lipinski definition) is 4. The van der Waals surface area contributed by atoms with Gasteiger partial charge in [-0.05, 0) is 66.9 Å². The summed E-state index contributed by atoms with van der Waals surface area (Å²) in [6.07, 6.45) is 3.36. The molecule has 6 nitrogen and oxygen atoms in total. The van der Waals surface area contributed by atoms with Crippen molar-refractivity contribution in [2.75, 3.05) is 0 Å². The lowest BCUT2D eigenvalue weighted by molar-refractivity contribution is 0.0761. The molecule has 0 fully saturated rings. The largest absolute Gasteiger partial charge is 0.386 e. The average molecular weight is 448 g/mol. The summed E-state index contributed by atoms with van der Waals surface area (Å²) in [5.74, 6) is -1.78. The van der Waals surface area contributed by atoms with Crippen LogP contribution in [0, 0.1) is 11.6 Å². The summed E-state index contributed by atoms with van der Waals surface area (Å²) in [4.78, 5) is 18.2. The summed E-state index contributed by atoms with van der Waals surface area (Å²) in [5, 5.41) is 15.6. The molecule has 0 bridgehead atoms. The van der Waals surface area contributed by atoms with Gasteiger partial charge in [0.05, 0.1) is 35.5 Å². The molecule has 0 atom stereocenters. The molecule has 0 saturated carbocycles. The van der Waals surface area contributed by atoms with Crippen molar-refractivity contribution in [1.82, 2.24) is 19.7 Å². The van der Waals surface area contributed by atoms with Gasteiger partial charge in [-0.1, -0.05) is 0 Å². The Bertz CT molecular complexity index is 1400. The van der Waals surface area contributed by atoms with Crippen molar-refractivity contribution in [1.29, 1.82) is 0 Å². The van der Waals surface area contributed by atoms with Crippen LogP contribution in [0.15, 0.2) is 48.8 Å². The number of hydrogen-bond donors (Lipinski definition) is 1. The average Bonchev–Trinajstić information content (AvgIpc) is 3.28. The minimum absolute atomic E-state index is 0.180. The maximum Gasteiger partial charge on any atom is 0.256 e. The smallest absolute Gasteiger partial charge is 0.256 e. The standard InChI is InChI=1S/C25H22F2N4O2/c1-25(2,33)15-9-17(18-11-30(3)29-22(18)10-15)14-7-20(26)19(21(27)8-14)12-31-13-23-16(24(31)32)5-4-6-28-23/h4-11,33H,12-13H2,1-3H3. The van der Waals surface area contributed by atoms with Crippen LogP contribution in [-0.2, 0) is 25.7 Å². The summed E-state index contributed by atoms with van der Waals surface area (Å²) in [6.45, 7) is 3.30. The van der Waals surface area contributed by atoms with E-state index in [1.165, 1.54) is 17.0 Å². The first-order valence-electron chi connectivity index (χ1n) is 10.5. The number of benzene rings is 2. The third kappa shape index (κ3) is 3.66. The first-order valence-corrected chi connectivity index (χ1v) is 10.5. The number of nitrogens with zero attached hydrogens (tertiary/aromatic N) is 4. The van der Waals surface area contributed by atoms with Crippen LogP contribution < -0.4 is 0 Å². The van der Waals surface area contributed by atoms with E-state index in [0.717, 1.165) is 0 Å². The van der Waals surface area contributed by atoms with Gasteiger partial charge in [0, 0.05) is 30.4 Å².